The van der Waals surface area contributed by atoms with Crippen molar-refractivity contribution in [2.24, 2.45) is 5.92 Å². The quantitative estimate of drug-likeness (QED) is 0.152. The van der Waals surface area contributed by atoms with Crippen LogP contribution in [0.3, 0.4) is 0 Å². The molecule has 0 spiro atoms. The number of carbonyl (C=O) groups excluding carboxylic acids is 2. The molecule has 0 fully saturated rings. The minimum atomic E-state index is -4.54. The topological polar surface area (TPSA) is 124 Å². The smallest absolute Gasteiger partial charge is 0.265 e. The number of hydrogen-bond acceptors (Lipinski definition) is 8. The molecule has 1 N–H and O–H groups in total. The molecule has 0 aliphatic rings. The number of halogens is 1. The van der Waals surface area contributed by atoms with Gasteiger partial charge in [-0.2, -0.15) is 0 Å². The van der Waals surface area contributed by atoms with Gasteiger partial charge in [-0.15, -0.1) is 0 Å². The van der Waals surface area contributed by atoms with Gasteiger partial charge in [0.1, 0.15) is 29.9 Å². The molecule has 0 bridgehead atoms. The summed E-state index contributed by atoms with van der Waals surface area (Å²) in [5.41, 5.74) is 1.33. The van der Waals surface area contributed by atoms with E-state index in [1.54, 1.807) is 6.07 Å². The summed E-state index contributed by atoms with van der Waals surface area (Å²) in [6.07, 6.45) is 0.128. The molecule has 11 nitrogen and oxygen atoms in total. The van der Waals surface area contributed by atoms with E-state index in [0.717, 1.165) is 9.87 Å². The van der Waals surface area contributed by atoms with E-state index in [-0.39, 0.29) is 41.0 Å². The lowest BCUT2D eigenvalue weighted by Crippen LogP contribution is -2.53. The van der Waals surface area contributed by atoms with E-state index >= 15 is 0 Å². The van der Waals surface area contributed by atoms with Crippen molar-refractivity contribution in [3.8, 4) is 23.0 Å². The van der Waals surface area contributed by atoms with Crippen LogP contribution in [0.25, 0.3) is 0 Å². The van der Waals surface area contributed by atoms with Gasteiger partial charge in [0.15, 0.2) is 11.5 Å². The fraction of sp³-hybridized carbons (Fsp3) is 0.316. The summed E-state index contributed by atoms with van der Waals surface area (Å²) in [6.45, 7) is 3.39. The Morgan fingerprint density at radius 3 is 2.02 bits per heavy atom. The maximum atomic E-state index is 14.8. The van der Waals surface area contributed by atoms with Crippen molar-refractivity contribution in [3.05, 3.63) is 108 Å². The number of hydrogen-bond donors (Lipinski definition) is 1. The molecule has 272 valence electrons. The molecule has 1 atom stereocenters. The van der Waals surface area contributed by atoms with Crippen LogP contribution >= 0.6 is 0 Å². The molecule has 13 heteroatoms. The number of nitrogens with zero attached hydrogens (tertiary/aromatic N) is 2. The van der Waals surface area contributed by atoms with Crippen molar-refractivity contribution >= 4 is 27.5 Å². The molecule has 4 aromatic carbocycles. The largest absolute Gasteiger partial charge is 0.497 e. The molecule has 0 unspecified atom stereocenters. The van der Waals surface area contributed by atoms with Crippen molar-refractivity contribution in [1.29, 1.82) is 0 Å². The number of anilines is 1. The molecule has 51 heavy (non-hydrogen) atoms. The first-order valence-electron chi connectivity index (χ1n) is 16.2. The van der Waals surface area contributed by atoms with Crippen molar-refractivity contribution in [2.45, 2.75) is 37.8 Å². The second-order valence-electron chi connectivity index (χ2n) is 12.1. The van der Waals surface area contributed by atoms with Crippen LogP contribution in [0.5, 0.6) is 23.0 Å². The Kier molecular flexibility index (Phi) is 13.3. The predicted octanol–water partition coefficient (Wildman–Crippen LogP) is 5.47. The molecule has 0 aromatic heterocycles. The number of carbonyl (C=O) groups is 2. The number of rotatable bonds is 17. The van der Waals surface area contributed by atoms with E-state index in [0.29, 0.717) is 23.6 Å². The van der Waals surface area contributed by atoms with Gasteiger partial charge in [0.2, 0.25) is 11.8 Å². The molecular formula is C38H44FN3O8S. The van der Waals surface area contributed by atoms with E-state index in [1.807, 2.05) is 44.2 Å². The molecule has 4 rings (SSSR count). The third-order valence-corrected chi connectivity index (χ3v) is 9.85. The summed E-state index contributed by atoms with van der Waals surface area (Å²) in [5, 5.41) is 2.94. The van der Waals surface area contributed by atoms with E-state index in [2.05, 4.69) is 5.32 Å². The van der Waals surface area contributed by atoms with Crippen LogP contribution in [-0.2, 0) is 32.6 Å². The highest BCUT2D eigenvalue weighted by atomic mass is 32.2. The van der Waals surface area contributed by atoms with Crippen LogP contribution in [0.2, 0.25) is 0 Å². The van der Waals surface area contributed by atoms with Gasteiger partial charge in [-0.25, -0.2) is 12.8 Å². The molecule has 0 aliphatic carbocycles. The second-order valence-corrected chi connectivity index (χ2v) is 13.9. The first kappa shape index (κ1) is 38.5. The maximum absolute atomic E-state index is 14.8. The van der Waals surface area contributed by atoms with Crippen molar-refractivity contribution in [1.82, 2.24) is 10.2 Å². The Morgan fingerprint density at radius 1 is 0.765 bits per heavy atom. The van der Waals surface area contributed by atoms with E-state index in [9.17, 15) is 22.4 Å². The van der Waals surface area contributed by atoms with Crippen molar-refractivity contribution < 1.29 is 41.3 Å². The molecule has 2 amide bonds. The maximum Gasteiger partial charge on any atom is 0.265 e. The summed E-state index contributed by atoms with van der Waals surface area (Å²) in [6, 6.07) is 22.4. The van der Waals surface area contributed by atoms with Gasteiger partial charge in [0, 0.05) is 31.6 Å². The first-order valence-corrected chi connectivity index (χ1v) is 17.7. The van der Waals surface area contributed by atoms with E-state index in [1.165, 1.54) is 87.9 Å². The van der Waals surface area contributed by atoms with Gasteiger partial charge in [0.25, 0.3) is 10.0 Å². The zero-order valence-electron chi connectivity index (χ0n) is 29.6. The van der Waals surface area contributed by atoms with Gasteiger partial charge in [0.05, 0.1) is 39.0 Å². The molecule has 4 aromatic rings. The SMILES string of the molecule is COc1ccc(OC)c(N(CC(=O)N(Cc2ccc(F)cc2)[C@H](Cc2ccccc2)C(=O)NCC(C)C)S(=O)(=O)c2ccc(OC)c(OC)c2)c1. The third-order valence-electron chi connectivity index (χ3n) is 8.10. The fourth-order valence-electron chi connectivity index (χ4n) is 5.37. The van der Waals surface area contributed by atoms with Crippen molar-refractivity contribution in [3.63, 3.8) is 0 Å². The lowest BCUT2D eigenvalue weighted by molar-refractivity contribution is -0.140. The standard InChI is InChI=1S/C38H44FN3O8S/c1-26(2)23-40-38(44)33(20-27-10-8-7-9-11-27)41(24-28-12-14-29(39)15-13-28)37(43)25-42(32-21-30(47-3)16-18-34(32)48-4)51(45,46)31-17-19-35(49-5)36(22-31)50-6/h7-19,21-22,26,33H,20,23-25H2,1-6H3,(H,40,44)/t33-/m1/s1. The van der Waals surface area contributed by atoms with Gasteiger partial charge in [-0.05, 0) is 53.4 Å². The summed E-state index contributed by atoms with van der Waals surface area (Å²) in [4.78, 5) is 29.9. The average Bonchev–Trinajstić information content (AvgIpc) is 3.14. The zero-order chi connectivity index (χ0) is 37.1. The Labute approximate surface area is 298 Å². The lowest BCUT2D eigenvalue weighted by atomic mass is 10.0. The van der Waals surface area contributed by atoms with Gasteiger partial charge >= 0.3 is 0 Å². The van der Waals surface area contributed by atoms with Gasteiger partial charge < -0.3 is 29.2 Å². The van der Waals surface area contributed by atoms with Crippen LogP contribution in [-0.4, -0.2) is 72.7 Å². The molecule has 0 saturated heterocycles. The normalized spacial score (nSPS) is 11.8. The minimum Gasteiger partial charge on any atom is -0.497 e. The molecule has 0 radical (unpaired) electrons. The van der Waals surface area contributed by atoms with Crippen molar-refractivity contribution in [2.75, 3.05) is 45.8 Å². The minimum absolute atomic E-state index is 0.0191. The number of methoxy groups -OCH3 is 4. The van der Waals surface area contributed by atoms with Gasteiger partial charge in [-0.1, -0.05) is 56.3 Å². The number of benzene rings is 4. The van der Waals surface area contributed by atoms with Crippen LogP contribution in [0.4, 0.5) is 10.1 Å². The number of sulfonamides is 1. The monoisotopic (exact) mass is 721 g/mol. The second kappa shape index (κ2) is 17.6. The summed E-state index contributed by atoms with van der Waals surface area (Å²) in [7, 11) is 1.08. The summed E-state index contributed by atoms with van der Waals surface area (Å²) in [5.74, 6) is -0.549. The molecule has 0 saturated carbocycles. The Balaban J connectivity index is 1.89. The first-order chi connectivity index (χ1) is 24.4. The van der Waals surface area contributed by atoms with Crippen LogP contribution in [0.15, 0.2) is 95.9 Å². The highest BCUT2D eigenvalue weighted by Gasteiger charge is 2.36. The molecule has 0 heterocycles. The number of nitrogens with one attached hydrogen (secondary N) is 1. The number of ether oxygens (including phenoxy) is 4. The Bertz CT molecular complexity index is 1890. The Morgan fingerprint density at radius 2 is 1.41 bits per heavy atom. The molecule has 0 aliphatic heterocycles. The van der Waals surface area contributed by atoms with E-state index < -0.39 is 40.2 Å². The Hall–Kier alpha value is -5.30. The summed E-state index contributed by atoms with van der Waals surface area (Å²) < 4.78 is 65.9. The van der Waals surface area contributed by atoms with Gasteiger partial charge in [-0.3, -0.25) is 13.9 Å². The third kappa shape index (κ3) is 9.69. The predicted molar refractivity (Wildman–Crippen MR) is 192 cm³/mol. The average molecular weight is 722 g/mol. The highest BCUT2D eigenvalue weighted by molar-refractivity contribution is 7.92. The van der Waals surface area contributed by atoms with E-state index in [4.69, 9.17) is 18.9 Å². The van der Waals surface area contributed by atoms with Crippen LogP contribution < -0.4 is 28.6 Å². The van der Waals surface area contributed by atoms with Crippen LogP contribution in [0.1, 0.15) is 25.0 Å². The highest BCUT2D eigenvalue weighted by Crippen LogP contribution is 2.38. The fourth-order valence-corrected chi connectivity index (χ4v) is 6.80. The van der Waals surface area contributed by atoms with Crippen LogP contribution in [0, 0.1) is 11.7 Å². The summed E-state index contributed by atoms with van der Waals surface area (Å²) >= 11 is 0. The molecular weight excluding hydrogens is 677 g/mol. The number of amides is 2. The lowest BCUT2D eigenvalue weighted by Gasteiger charge is -2.34. The zero-order valence-corrected chi connectivity index (χ0v) is 30.4.